The number of imidazole rings is 1. The van der Waals surface area contributed by atoms with Crippen LogP contribution in [0.1, 0.15) is 0 Å². The molecule has 0 saturated carbocycles. The van der Waals surface area contributed by atoms with Crippen molar-refractivity contribution in [2.75, 3.05) is 11.1 Å². The van der Waals surface area contributed by atoms with Crippen molar-refractivity contribution in [3.8, 4) is 0 Å². The van der Waals surface area contributed by atoms with Crippen LogP contribution in [0.5, 0.6) is 0 Å². The van der Waals surface area contributed by atoms with Gasteiger partial charge in [-0.05, 0) is 12.1 Å². The average Bonchev–Trinajstić information content (AvgIpc) is 2.85. The van der Waals surface area contributed by atoms with Gasteiger partial charge in [-0.1, -0.05) is 18.2 Å². The van der Waals surface area contributed by atoms with Gasteiger partial charge < -0.3 is 11.1 Å². The van der Waals surface area contributed by atoms with Gasteiger partial charge in [-0.15, -0.1) is 0 Å². The fourth-order valence-electron chi connectivity index (χ4n) is 1.71. The van der Waals surface area contributed by atoms with Crippen LogP contribution in [0.15, 0.2) is 43.0 Å². The highest BCUT2D eigenvalue weighted by atomic mass is 16.2. The van der Waals surface area contributed by atoms with Crippen molar-refractivity contribution in [3.05, 3.63) is 43.0 Å². The van der Waals surface area contributed by atoms with Gasteiger partial charge in [0.05, 0.1) is 0 Å². The number of nitrogens with two attached hydrogens (primary N) is 1. The summed E-state index contributed by atoms with van der Waals surface area (Å²) in [5.41, 5.74) is 7.14. The van der Waals surface area contributed by atoms with E-state index >= 15 is 0 Å². The van der Waals surface area contributed by atoms with Crippen LogP contribution >= 0.6 is 0 Å². The molecule has 0 aliphatic heterocycles. The number of nitrogens with zero attached hydrogens (tertiary/aromatic N) is 4. The molecule has 0 radical (unpaired) electrons. The Balaban J connectivity index is 1.96. The van der Waals surface area contributed by atoms with Crippen molar-refractivity contribution in [2.24, 2.45) is 0 Å². The number of para-hydroxylation sites is 1. The highest BCUT2D eigenvalue weighted by molar-refractivity contribution is 5.97. The van der Waals surface area contributed by atoms with E-state index in [1.54, 1.807) is 12.1 Å². The monoisotopic (exact) mass is 254 g/mol. The van der Waals surface area contributed by atoms with E-state index in [9.17, 15) is 4.79 Å². The molecule has 0 aliphatic carbocycles. The SMILES string of the molecule is Nc1ncnc2c1ncn2C(=O)Nc1ccccc1. The fourth-order valence-corrected chi connectivity index (χ4v) is 1.71. The Morgan fingerprint density at radius 3 is 2.74 bits per heavy atom. The van der Waals surface area contributed by atoms with Crippen LogP contribution in [0.25, 0.3) is 11.2 Å². The second-order valence-corrected chi connectivity index (χ2v) is 3.84. The number of nitrogens with one attached hydrogen (secondary N) is 1. The maximum absolute atomic E-state index is 12.1. The number of benzene rings is 1. The van der Waals surface area contributed by atoms with Gasteiger partial charge in [-0.3, -0.25) is 0 Å². The van der Waals surface area contributed by atoms with Crippen molar-refractivity contribution in [1.82, 2.24) is 19.5 Å². The molecule has 0 bridgehead atoms. The molecule has 3 aromatic rings. The number of aromatic nitrogens is 4. The lowest BCUT2D eigenvalue weighted by Gasteiger charge is -2.05. The smallest absolute Gasteiger partial charge is 0.332 e. The molecule has 0 spiro atoms. The van der Waals surface area contributed by atoms with Gasteiger partial charge in [0.25, 0.3) is 0 Å². The van der Waals surface area contributed by atoms with E-state index in [0.717, 1.165) is 0 Å². The van der Waals surface area contributed by atoms with Crippen molar-refractivity contribution in [3.63, 3.8) is 0 Å². The third-order valence-corrected chi connectivity index (χ3v) is 2.61. The molecule has 2 aromatic heterocycles. The van der Waals surface area contributed by atoms with E-state index in [-0.39, 0.29) is 11.8 Å². The second kappa shape index (κ2) is 4.37. The first-order valence-electron chi connectivity index (χ1n) is 5.55. The van der Waals surface area contributed by atoms with Crippen LogP contribution < -0.4 is 11.1 Å². The van der Waals surface area contributed by atoms with E-state index in [1.165, 1.54) is 17.2 Å². The Labute approximate surface area is 108 Å². The molecular weight excluding hydrogens is 244 g/mol. The molecule has 94 valence electrons. The number of rotatable bonds is 1. The zero-order valence-electron chi connectivity index (χ0n) is 9.82. The standard InChI is InChI=1S/C12H10N6O/c13-10-9-11(15-6-14-10)18(7-16-9)12(19)17-8-4-2-1-3-5-8/h1-7H,(H,17,19)(H2,13,14,15). The first-order chi connectivity index (χ1) is 9.25. The summed E-state index contributed by atoms with van der Waals surface area (Å²) in [6.45, 7) is 0. The molecule has 3 rings (SSSR count). The molecule has 0 saturated heterocycles. The summed E-state index contributed by atoms with van der Waals surface area (Å²) < 4.78 is 1.29. The lowest BCUT2D eigenvalue weighted by molar-refractivity contribution is 0.254. The minimum absolute atomic E-state index is 0.247. The van der Waals surface area contributed by atoms with Gasteiger partial charge >= 0.3 is 6.03 Å². The van der Waals surface area contributed by atoms with E-state index in [1.807, 2.05) is 18.2 Å². The number of hydrogen-bond acceptors (Lipinski definition) is 5. The molecule has 1 amide bonds. The number of fused-ring (bicyclic) bond motifs is 1. The van der Waals surface area contributed by atoms with Crippen molar-refractivity contribution >= 4 is 28.7 Å². The summed E-state index contributed by atoms with van der Waals surface area (Å²) in [6, 6.07) is 8.77. The molecular formula is C12H10N6O. The van der Waals surface area contributed by atoms with Crippen molar-refractivity contribution < 1.29 is 4.79 Å². The summed E-state index contributed by atoms with van der Waals surface area (Å²) in [5.74, 6) is 0.247. The molecule has 19 heavy (non-hydrogen) atoms. The van der Waals surface area contributed by atoms with Crippen LogP contribution in [0.2, 0.25) is 0 Å². The third kappa shape index (κ3) is 1.97. The lowest BCUT2D eigenvalue weighted by Crippen LogP contribution is -2.18. The van der Waals surface area contributed by atoms with E-state index in [0.29, 0.717) is 16.9 Å². The third-order valence-electron chi connectivity index (χ3n) is 2.61. The van der Waals surface area contributed by atoms with Crippen LogP contribution in [0, 0.1) is 0 Å². The predicted molar refractivity (Wildman–Crippen MR) is 70.6 cm³/mol. The number of amides is 1. The quantitative estimate of drug-likeness (QED) is 0.685. The molecule has 0 atom stereocenters. The van der Waals surface area contributed by atoms with E-state index in [2.05, 4.69) is 20.3 Å². The molecule has 7 heteroatoms. The van der Waals surface area contributed by atoms with Gasteiger partial charge in [0.15, 0.2) is 17.0 Å². The number of nitrogen functional groups attached to an aromatic ring is 1. The van der Waals surface area contributed by atoms with Gasteiger partial charge in [-0.2, -0.15) is 0 Å². The van der Waals surface area contributed by atoms with Crippen LogP contribution in [0.3, 0.4) is 0 Å². The zero-order valence-corrected chi connectivity index (χ0v) is 9.82. The fraction of sp³-hybridized carbons (Fsp3) is 0. The van der Waals surface area contributed by atoms with Crippen LogP contribution in [0.4, 0.5) is 16.3 Å². The maximum atomic E-state index is 12.1. The number of carbonyl (C=O) groups is 1. The predicted octanol–water partition coefficient (Wildman–Crippen LogP) is 1.49. The molecule has 7 nitrogen and oxygen atoms in total. The van der Waals surface area contributed by atoms with Crippen LogP contribution in [-0.4, -0.2) is 25.6 Å². The topological polar surface area (TPSA) is 98.7 Å². The summed E-state index contributed by atoms with van der Waals surface area (Å²) in [6.07, 6.45) is 2.67. The number of hydrogen-bond donors (Lipinski definition) is 2. The molecule has 0 unspecified atom stereocenters. The lowest BCUT2D eigenvalue weighted by atomic mass is 10.3. The van der Waals surface area contributed by atoms with Gasteiger partial charge in [0, 0.05) is 5.69 Å². The molecule has 0 aliphatic rings. The highest BCUT2D eigenvalue weighted by Crippen LogP contribution is 2.15. The van der Waals surface area contributed by atoms with Crippen LogP contribution in [-0.2, 0) is 0 Å². The van der Waals surface area contributed by atoms with Gasteiger partial charge in [-0.25, -0.2) is 24.3 Å². The Hall–Kier alpha value is -2.96. The summed E-state index contributed by atoms with van der Waals surface area (Å²) in [7, 11) is 0. The Bertz CT molecular complexity index is 736. The normalized spacial score (nSPS) is 10.5. The first-order valence-corrected chi connectivity index (χ1v) is 5.55. The second-order valence-electron chi connectivity index (χ2n) is 3.84. The average molecular weight is 254 g/mol. The minimum Gasteiger partial charge on any atom is -0.382 e. The van der Waals surface area contributed by atoms with E-state index in [4.69, 9.17) is 5.73 Å². The van der Waals surface area contributed by atoms with Gasteiger partial charge in [0.1, 0.15) is 12.7 Å². The van der Waals surface area contributed by atoms with Crippen molar-refractivity contribution in [2.45, 2.75) is 0 Å². The first kappa shape index (κ1) is 11.1. The Kier molecular flexibility index (Phi) is 2.57. The minimum atomic E-state index is -0.355. The summed E-state index contributed by atoms with van der Waals surface area (Å²) in [5, 5.41) is 2.74. The largest absolute Gasteiger partial charge is 0.382 e. The number of anilines is 2. The Morgan fingerprint density at radius 1 is 1.16 bits per heavy atom. The van der Waals surface area contributed by atoms with Gasteiger partial charge in [0.2, 0.25) is 0 Å². The highest BCUT2D eigenvalue weighted by Gasteiger charge is 2.13. The summed E-state index contributed by atoms with van der Waals surface area (Å²) >= 11 is 0. The van der Waals surface area contributed by atoms with E-state index < -0.39 is 0 Å². The molecule has 0 fully saturated rings. The molecule has 2 heterocycles. The maximum Gasteiger partial charge on any atom is 0.332 e. The molecule has 3 N–H and O–H groups in total. The zero-order chi connectivity index (χ0) is 13.2. The Morgan fingerprint density at radius 2 is 1.95 bits per heavy atom. The summed E-state index contributed by atoms with van der Waals surface area (Å²) in [4.78, 5) is 24.0. The molecule has 1 aromatic carbocycles. The van der Waals surface area contributed by atoms with Crippen molar-refractivity contribution in [1.29, 1.82) is 0 Å². The number of carbonyl (C=O) groups excluding carboxylic acids is 1.